The van der Waals surface area contributed by atoms with E-state index in [-0.39, 0.29) is 17.2 Å². The van der Waals surface area contributed by atoms with E-state index in [0.29, 0.717) is 0 Å². The van der Waals surface area contributed by atoms with Crippen molar-refractivity contribution in [3.63, 3.8) is 0 Å². The van der Waals surface area contributed by atoms with Crippen molar-refractivity contribution in [1.82, 2.24) is 0 Å². The fourth-order valence-electron chi connectivity index (χ4n) is 4.66. The van der Waals surface area contributed by atoms with Gasteiger partial charge in [0.1, 0.15) is 12.4 Å². The molecule has 0 saturated carbocycles. The minimum absolute atomic E-state index is 0.0241. The molecule has 0 radical (unpaired) electrons. The van der Waals surface area contributed by atoms with Gasteiger partial charge in [0.15, 0.2) is 6.54 Å². The zero-order valence-corrected chi connectivity index (χ0v) is 21.6. The molecular formula is C28H52N3O2+. The molecule has 1 rings (SSSR count). The number of carboxylic acids is 1. The molecule has 0 saturated heterocycles. The minimum Gasteiger partial charge on any atom is -0.477 e. The Kier molecular flexibility index (Phi) is 16.9. The Morgan fingerprint density at radius 1 is 0.909 bits per heavy atom. The summed E-state index contributed by atoms with van der Waals surface area (Å²) in [5.41, 5.74) is 6.12. The lowest BCUT2D eigenvalue weighted by Gasteiger charge is -2.34. The maximum absolute atomic E-state index is 11.3. The van der Waals surface area contributed by atoms with Crippen LogP contribution >= 0.6 is 0 Å². The molecule has 2 unspecified atom stereocenters. The largest absolute Gasteiger partial charge is 0.477 e. The number of carboxylic acid groups (broad SMARTS) is 1. The molecule has 190 valence electrons. The van der Waals surface area contributed by atoms with E-state index in [1.165, 1.54) is 103 Å². The minimum atomic E-state index is -0.836. The number of quaternary nitrogens is 1. The molecule has 0 spiro atoms. The van der Waals surface area contributed by atoms with Gasteiger partial charge in [0.2, 0.25) is 5.84 Å². The van der Waals surface area contributed by atoms with Crippen LogP contribution in [-0.4, -0.2) is 34.1 Å². The summed E-state index contributed by atoms with van der Waals surface area (Å²) in [4.78, 5) is 15.7. The summed E-state index contributed by atoms with van der Waals surface area (Å²) >= 11 is 0. The number of rotatable bonds is 22. The van der Waals surface area contributed by atoms with Gasteiger partial charge in [-0.1, -0.05) is 103 Å². The normalized spacial score (nSPS) is 18.8. The maximum Gasteiger partial charge on any atom is 0.360 e. The number of allylic oxidation sites excluding steroid dienone is 2. The zero-order valence-electron chi connectivity index (χ0n) is 21.6. The van der Waals surface area contributed by atoms with Gasteiger partial charge in [-0.25, -0.2) is 14.3 Å². The molecule has 0 amide bonds. The van der Waals surface area contributed by atoms with Crippen molar-refractivity contribution in [3.8, 4) is 0 Å². The van der Waals surface area contributed by atoms with E-state index in [1.54, 1.807) is 6.20 Å². The van der Waals surface area contributed by atoms with E-state index in [4.69, 9.17) is 5.73 Å². The molecule has 0 aromatic carbocycles. The van der Waals surface area contributed by atoms with Crippen LogP contribution in [0.25, 0.3) is 0 Å². The average Bonchev–Trinajstić information content (AvgIpc) is 3.18. The first-order chi connectivity index (χ1) is 16.0. The van der Waals surface area contributed by atoms with Crippen molar-refractivity contribution in [1.29, 1.82) is 0 Å². The molecule has 0 fully saturated rings. The zero-order chi connectivity index (χ0) is 24.2. The van der Waals surface area contributed by atoms with Crippen molar-refractivity contribution in [3.05, 3.63) is 24.6 Å². The summed E-state index contributed by atoms with van der Waals surface area (Å²) in [5, 5.41) is 9.28. The lowest BCUT2D eigenvalue weighted by molar-refractivity contribution is -0.805. The van der Waals surface area contributed by atoms with Crippen LogP contribution in [0.3, 0.4) is 0 Å². The van der Waals surface area contributed by atoms with Gasteiger partial charge in [-0.3, -0.25) is 5.73 Å². The molecule has 33 heavy (non-hydrogen) atoms. The summed E-state index contributed by atoms with van der Waals surface area (Å²) in [6.07, 6.45) is 31.2. The summed E-state index contributed by atoms with van der Waals surface area (Å²) in [6.45, 7) is 4.07. The Morgan fingerprint density at radius 3 is 1.88 bits per heavy atom. The van der Waals surface area contributed by atoms with Crippen LogP contribution < -0.4 is 5.73 Å². The van der Waals surface area contributed by atoms with Crippen LogP contribution in [0.2, 0.25) is 0 Å². The fraction of sp³-hybridized carbons (Fsp3) is 0.786. The van der Waals surface area contributed by atoms with E-state index in [0.717, 1.165) is 18.7 Å². The smallest absolute Gasteiger partial charge is 0.360 e. The molecule has 0 bridgehead atoms. The first-order valence-corrected chi connectivity index (χ1v) is 13.8. The number of nitrogens with two attached hydrogens (primary N) is 1. The number of hydrogen-bond donors (Lipinski definition) is 2. The first-order valence-electron chi connectivity index (χ1n) is 13.8. The predicted octanol–water partition coefficient (Wildman–Crippen LogP) is 7.67. The number of hydrogen-bond acceptors (Lipinski definition) is 3. The van der Waals surface area contributed by atoms with Gasteiger partial charge in [-0.05, 0) is 25.7 Å². The molecule has 3 N–H and O–H groups in total. The third kappa shape index (κ3) is 13.1. The summed E-state index contributed by atoms with van der Waals surface area (Å²) in [5.74, 6) is 0.0635. The van der Waals surface area contributed by atoms with Crippen LogP contribution in [0.5, 0.6) is 0 Å². The van der Waals surface area contributed by atoms with Gasteiger partial charge in [0, 0.05) is 13.3 Å². The number of nitrogens with zero attached hydrogens (tertiary/aromatic N) is 2. The van der Waals surface area contributed by atoms with Crippen molar-refractivity contribution in [2.45, 2.75) is 136 Å². The quantitative estimate of drug-likeness (QED) is 0.0984. The molecule has 1 aliphatic heterocycles. The molecule has 5 heteroatoms. The Labute approximate surface area is 203 Å². The van der Waals surface area contributed by atoms with Crippen LogP contribution in [0.1, 0.15) is 129 Å². The van der Waals surface area contributed by atoms with Gasteiger partial charge in [-0.15, -0.1) is 0 Å². The van der Waals surface area contributed by atoms with E-state index >= 15 is 0 Å². The number of aliphatic imine (C=N–C) groups is 1. The molecule has 0 aromatic heterocycles. The SMILES string of the molecule is CCC/C=C/CCCCCCCCCCCCCCCCC1=NC=C[N+]1(CC(=O)O)C(C)N. The Balaban J connectivity index is 1.91. The van der Waals surface area contributed by atoms with Crippen LogP contribution in [0.4, 0.5) is 0 Å². The van der Waals surface area contributed by atoms with Gasteiger partial charge in [0.05, 0.1) is 6.20 Å². The number of carbonyl (C=O) groups is 1. The fourth-order valence-corrected chi connectivity index (χ4v) is 4.66. The Bertz CT molecular complexity index is 598. The molecule has 0 aliphatic carbocycles. The molecule has 0 aromatic rings. The lowest BCUT2D eigenvalue weighted by Crippen LogP contribution is -2.59. The molecular weight excluding hydrogens is 410 g/mol. The van der Waals surface area contributed by atoms with Crippen LogP contribution in [-0.2, 0) is 4.79 Å². The standard InChI is InChI=1S/C28H51N3O2/c1-3-4-5-6-7-8-9-10-11-12-13-14-15-16-17-18-19-20-21-22-27-30-23-24-31(27,26(2)29)25-28(32)33/h5-6,23-24,26H,3-4,7-22,25,29H2,1-2H3/p+1/b6-5+. The van der Waals surface area contributed by atoms with E-state index in [9.17, 15) is 9.90 Å². The van der Waals surface area contributed by atoms with Crippen molar-refractivity contribution in [2.75, 3.05) is 6.54 Å². The van der Waals surface area contributed by atoms with E-state index in [2.05, 4.69) is 24.1 Å². The van der Waals surface area contributed by atoms with Gasteiger partial charge in [-0.2, -0.15) is 0 Å². The number of amidine groups is 1. The second kappa shape index (κ2) is 18.9. The number of unbranched alkanes of at least 4 members (excludes halogenated alkanes) is 15. The summed E-state index contributed by atoms with van der Waals surface area (Å²) in [7, 11) is 0. The lowest BCUT2D eigenvalue weighted by atomic mass is 10.0. The van der Waals surface area contributed by atoms with E-state index in [1.807, 2.05) is 13.1 Å². The monoisotopic (exact) mass is 462 g/mol. The predicted molar refractivity (Wildman–Crippen MR) is 141 cm³/mol. The summed E-state index contributed by atoms with van der Waals surface area (Å²) < 4.78 is 0.172. The molecule has 2 atom stereocenters. The van der Waals surface area contributed by atoms with Gasteiger partial charge >= 0.3 is 5.97 Å². The highest BCUT2D eigenvalue weighted by Crippen LogP contribution is 2.23. The van der Waals surface area contributed by atoms with Crippen molar-refractivity contribution < 1.29 is 14.4 Å². The highest BCUT2D eigenvalue weighted by atomic mass is 16.4. The van der Waals surface area contributed by atoms with Crippen LogP contribution in [0.15, 0.2) is 29.5 Å². The van der Waals surface area contributed by atoms with Crippen molar-refractivity contribution >= 4 is 11.8 Å². The summed E-state index contributed by atoms with van der Waals surface area (Å²) in [6, 6.07) is 0. The molecule has 1 heterocycles. The second-order valence-corrected chi connectivity index (χ2v) is 9.81. The molecule has 1 aliphatic rings. The van der Waals surface area contributed by atoms with Crippen LogP contribution in [0, 0.1) is 0 Å². The van der Waals surface area contributed by atoms with Gasteiger partial charge < -0.3 is 5.11 Å². The van der Waals surface area contributed by atoms with Gasteiger partial charge in [0.25, 0.3) is 0 Å². The Hall–Kier alpha value is -1.46. The maximum atomic E-state index is 11.3. The highest BCUT2D eigenvalue weighted by molar-refractivity contribution is 5.81. The highest BCUT2D eigenvalue weighted by Gasteiger charge is 2.40. The Morgan fingerprint density at radius 2 is 1.39 bits per heavy atom. The topological polar surface area (TPSA) is 75.7 Å². The molecule has 5 nitrogen and oxygen atoms in total. The van der Waals surface area contributed by atoms with E-state index < -0.39 is 5.97 Å². The number of aliphatic carboxylic acids is 1. The first kappa shape index (κ1) is 29.6. The third-order valence-corrected chi connectivity index (χ3v) is 6.80. The third-order valence-electron chi connectivity index (χ3n) is 6.80. The second-order valence-electron chi connectivity index (χ2n) is 9.81. The average molecular weight is 463 g/mol. The van der Waals surface area contributed by atoms with Crippen molar-refractivity contribution in [2.24, 2.45) is 10.7 Å².